The summed E-state index contributed by atoms with van der Waals surface area (Å²) in [4.78, 5) is 7.98. The number of hydrogen-bond donors (Lipinski definition) is 0. The molecule has 0 bridgehead atoms. The molecule has 0 aliphatic heterocycles. The molecule has 0 aliphatic rings. The molecule has 2 nitrogen and oxygen atoms in total. The third-order valence-electron chi connectivity index (χ3n) is 3.00. The summed E-state index contributed by atoms with van der Waals surface area (Å²) < 4.78 is 38.1. The van der Waals surface area contributed by atoms with Crippen molar-refractivity contribution in [2.24, 2.45) is 9.98 Å². The zero-order valence-electron chi connectivity index (χ0n) is 14.1. The van der Waals surface area contributed by atoms with Crippen molar-refractivity contribution in [2.75, 3.05) is 0 Å². The average molecular weight is 358 g/mol. The zero-order chi connectivity index (χ0) is 18.5. The van der Waals surface area contributed by atoms with Crippen molar-refractivity contribution in [3.8, 4) is 11.5 Å². The number of para-hydroxylation sites is 1. The van der Waals surface area contributed by atoms with Crippen LogP contribution in [0.15, 0.2) is 58.5 Å². The molecular weight excluding hydrogens is 341 g/mol. The first-order valence-corrected chi connectivity index (χ1v) is 11.1. The van der Waals surface area contributed by atoms with Crippen molar-refractivity contribution in [3.05, 3.63) is 59.7 Å². The van der Waals surface area contributed by atoms with E-state index in [0.717, 1.165) is 17.7 Å². The van der Waals surface area contributed by atoms with Crippen LogP contribution in [0.5, 0.6) is 0 Å². The van der Waals surface area contributed by atoms with Crippen molar-refractivity contribution >= 4 is 25.5 Å². The van der Waals surface area contributed by atoms with Gasteiger partial charge in [-0.05, 0) is 30.3 Å². The lowest BCUT2D eigenvalue weighted by atomic mass is 10.2. The van der Waals surface area contributed by atoms with Gasteiger partial charge in [0.25, 0.3) is 0 Å². The van der Waals surface area contributed by atoms with E-state index >= 15 is 0 Å². The van der Waals surface area contributed by atoms with Gasteiger partial charge in [0.15, 0.2) is 0 Å². The highest BCUT2D eigenvalue weighted by atomic mass is 28.3. The van der Waals surface area contributed by atoms with Crippen LogP contribution in [0, 0.1) is 11.5 Å². The highest BCUT2D eigenvalue weighted by Crippen LogP contribution is 2.31. The molecule has 0 fully saturated rings. The minimum atomic E-state index is -4.40. The lowest BCUT2D eigenvalue weighted by Gasteiger charge is -2.05. The van der Waals surface area contributed by atoms with E-state index in [-0.39, 0.29) is 5.69 Å². The molecule has 0 heterocycles. The van der Waals surface area contributed by atoms with Gasteiger partial charge in [0.2, 0.25) is 0 Å². The molecular formula is C19H17F3N2Si. The van der Waals surface area contributed by atoms with Crippen LogP contribution in [0.2, 0.25) is 19.6 Å². The first-order chi connectivity index (χ1) is 11.6. The quantitative estimate of drug-likeness (QED) is 0.353. The molecule has 2 aromatic carbocycles. The number of hydrogen-bond acceptors (Lipinski definition) is 2. The summed E-state index contributed by atoms with van der Waals surface area (Å²) in [6.07, 6.45) is -4.40. The first kappa shape index (κ1) is 18.7. The molecule has 2 rings (SSSR count). The van der Waals surface area contributed by atoms with E-state index in [1.807, 2.05) is 18.2 Å². The second kappa shape index (κ2) is 7.52. The monoisotopic (exact) mass is 358 g/mol. The Kier molecular flexibility index (Phi) is 5.63. The number of halogens is 3. The molecule has 0 saturated carbocycles. The SMILES string of the molecule is C[Si](C)(C)C#Cc1ccccc1N=C=Nc1cccc(C(F)(F)F)c1. The Morgan fingerprint density at radius 3 is 2.32 bits per heavy atom. The molecule has 25 heavy (non-hydrogen) atoms. The first-order valence-electron chi connectivity index (χ1n) is 7.61. The topological polar surface area (TPSA) is 24.7 Å². The van der Waals surface area contributed by atoms with Crippen molar-refractivity contribution < 1.29 is 13.2 Å². The minimum Gasteiger partial charge on any atom is -0.188 e. The summed E-state index contributed by atoms with van der Waals surface area (Å²) in [6, 6.07) is 14.5. The van der Waals surface area contributed by atoms with Gasteiger partial charge in [0.05, 0.1) is 22.5 Å². The van der Waals surface area contributed by atoms with Crippen LogP contribution in [-0.4, -0.2) is 14.1 Å². The Hall–Kier alpha value is -2.61. The molecule has 0 amide bonds. The van der Waals surface area contributed by atoms with Crippen LogP contribution in [0.1, 0.15) is 11.1 Å². The number of alkyl halides is 3. The molecule has 0 N–H and O–H groups in total. The largest absolute Gasteiger partial charge is 0.416 e. The van der Waals surface area contributed by atoms with Gasteiger partial charge in [0.1, 0.15) is 14.1 Å². The molecule has 0 aliphatic carbocycles. The molecule has 2 aromatic rings. The summed E-state index contributed by atoms with van der Waals surface area (Å²) in [5.74, 6) is 3.12. The lowest BCUT2D eigenvalue weighted by Crippen LogP contribution is -2.16. The third-order valence-corrected chi connectivity index (χ3v) is 3.87. The lowest BCUT2D eigenvalue weighted by molar-refractivity contribution is -0.137. The van der Waals surface area contributed by atoms with Crippen LogP contribution in [0.25, 0.3) is 0 Å². The maximum absolute atomic E-state index is 12.7. The molecule has 0 aromatic heterocycles. The van der Waals surface area contributed by atoms with E-state index in [2.05, 4.69) is 47.1 Å². The van der Waals surface area contributed by atoms with E-state index in [1.54, 1.807) is 6.07 Å². The number of aliphatic imine (C=N–C) groups is 2. The number of rotatable bonds is 2. The normalized spacial score (nSPS) is 11.1. The van der Waals surface area contributed by atoms with Crippen LogP contribution >= 0.6 is 0 Å². The molecule has 0 radical (unpaired) electrons. The van der Waals surface area contributed by atoms with Crippen LogP contribution < -0.4 is 0 Å². The van der Waals surface area contributed by atoms with E-state index in [0.29, 0.717) is 5.69 Å². The summed E-state index contributed by atoms with van der Waals surface area (Å²) >= 11 is 0. The summed E-state index contributed by atoms with van der Waals surface area (Å²) in [5.41, 5.74) is 3.98. The van der Waals surface area contributed by atoms with Crippen molar-refractivity contribution in [1.82, 2.24) is 0 Å². The van der Waals surface area contributed by atoms with Crippen LogP contribution in [0.4, 0.5) is 24.5 Å². The Labute approximate surface area is 146 Å². The molecule has 6 heteroatoms. The Bertz CT molecular complexity index is 878. The smallest absolute Gasteiger partial charge is 0.188 e. The number of nitrogens with zero attached hydrogens (tertiary/aromatic N) is 2. The van der Waals surface area contributed by atoms with E-state index in [1.165, 1.54) is 12.1 Å². The zero-order valence-corrected chi connectivity index (χ0v) is 15.1. The van der Waals surface area contributed by atoms with Gasteiger partial charge in [0, 0.05) is 0 Å². The minimum absolute atomic E-state index is 0.143. The molecule has 0 atom stereocenters. The molecule has 0 unspecified atom stereocenters. The van der Waals surface area contributed by atoms with Crippen molar-refractivity contribution in [1.29, 1.82) is 0 Å². The van der Waals surface area contributed by atoms with Gasteiger partial charge in [-0.25, -0.2) is 0 Å². The maximum atomic E-state index is 12.7. The second-order valence-corrected chi connectivity index (χ2v) is 11.1. The third kappa shape index (κ3) is 6.07. The summed E-state index contributed by atoms with van der Waals surface area (Å²) in [7, 11) is -1.52. The predicted octanol–water partition coefficient (Wildman–Crippen LogP) is 6.07. The average Bonchev–Trinajstić information content (AvgIpc) is 2.53. The molecule has 0 saturated heterocycles. The summed E-state index contributed by atoms with van der Waals surface area (Å²) in [5, 5.41) is 0. The van der Waals surface area contributed by atoms with E-state index in [9.17, 15) is 13.2 Å². The van der Waals surface area contributed by atoms with Gasteiger partial charge in [-0.15, -0.1) is 5.54 Å². The Morgan fingerprint density at radius 1 is 0.920 bits per heavy atom. The van der Waals surface area contributed by atoms with Gasteiger partial charge in [-0.1, -0.05) is 43.8 Å². The predicted molar refractivity (Wildman–Crippen MR) is 97.3 cm³/mol. The van der Waals surface area contributed by atoms with Crippen LogP contribution in [-0.2, 0) is 6.18 Å². The number of benzene rings is 2. The van der Waals surface area contributed by atoms with E-state index < -0.39 is 19.8 Å². The maximum Gasteiger partial charge on any atom is 0.416 e. The van der Waals surface area contributed by atoms with Gasteiger partial charge >= 0.3 is 6.18 Å². The fourth-order valence-electron chi connectivity index (χ4n) is 1.82. The Balaban J connectivity index is 2.31. The fourth-order valence-corrected chi connectivity index (χ4v) is 2.33. The van der Waals surface area contributed by atoms with Gasteiger partial charge in [-0.3, -0.25) is 0 Å². The van der Waals surface area contributed by atoms with Crippen molar-refractivity contribution in [3.63, 3.8) is 0 Å². The van der Waals surface area contributed by atoms with Crippen LogP contribution in [0.3, 0.4) is 0 Å². The molecule has 128 valence electrons. The standard InChI is InChI=1S/C19H17F3N2Si/c1-25(2,3)12-11-15-7-4-5-10-18(15)24-14-23-17-9-6-8-16(13-17)19(20,21)22/h4-10,13H,1-3H3. The molecule has 0 spiro atoms. The van der Waals surface area contributed by atoms with Crippen molar-refractivity contribution in [2.45, 2.75) is 25.8 Å². The Morgan fingerprint density at radius 2 is 1.64 bits per heavy atom. The highest BCUT2D eigenvalue weighted by Gasteiger charge is 2.30. The van der Waals surface area contributed by atoms with Gasteiger partial charge in [-0.2, -0.15) is 23.2 Å². The summed E-state index contributed by atoms with van der Waals surface area (Å²) in [6.45, 7) is 6.42. The second-order valence-electron chi connectivity index (χ2n) is 6.39. The van der Waals surface area contributed by atoms with E-state index in [4.69, 9.17) is 0 Å². The van der Waals surface area contributed by atoms with Gasteiger partial charge < -0.3 is 0 Å². The highest BCUT2D eigenvalue weighted by molar-refractivity contribution is 6.83. The fraction of sp³-hybridized carbons (Fsp3) is 0.211.